The molecule has 8 aromatic heterocycles. The smallest absolute Gasteiger partial charge is 0.0578 e. The minimum atomic E-state index is 0. The van der Waals surface area contributed by atoms with Crippen LogP contribution in [-0.2, 0) is 101 Å². The Morgan fingerprint density at radius 3 is 1.26 bits per heavy atom. The predicted molar refractivity (Wildman–Crippen MR) is 332 cm³/mol. The van der Waals surface area contributed by atoms with Gasteiger partial charge in [-0.05, 0) is 124 Å². The Hall–Kier alpha value is -7.15. The summed E-state index contributed by atoms with van der Waals surface area (Å²) in [5.41, 5.74) is 23.6. The zero-order valence-corrected chi connectivity index (χ0v) is 60.6. The Morgan fingerprint density at radius 1 is 0.414 bits per heavy atom. The average molecular weight is 1860 g/mol. The Balaban J connectivity index is 0.000000209. The van der Waals surface area contributed by atoms with Crippen LogP contribution in [0.4, 0.5) is 0 Å². The van der Waals surface area contributed by atoms with E-state index in [9.17, 15) is 0 Å². The molecule has 4 aromatic carbocycles. The minimum Gasteiger partial charge on any atom is -0.381 e. The van der Waals surface area contributed by atoms with Crippen LogP contribution in [0.1, 0.15) is 65.3 Å². The summed E-state index contributed by atoms with van der Waals surface area (Å²) in [6.07, 6.45) is 21.3. The van der Waals surface area contributed by atoms with Gasteiger partial charge in [0.15, 0.2) is 0 Å². The molecule has 0 unspecified atom stereocenters. The van der Waals surface area contributed by atoms with Crippen molar-refractivity contribution in [3.05, 3.63) is 240 Å². The number of nitrogens with zero attached hydrogens (tertiary/aromatic N) is 13. The van der Waals surface area contributed by atoms with Crippen LogP contribution in [0.3, 0.4) is 0 Å². The standard InChI is InChI=1S/C21H24N3.C17H16N3.C16H15N4.C16H14N3.4Ir/c1-15-8-6-9-16(2)18(15)19-17(10-7-11-22-19)20-23-12-13-24(20)14-21(3,4)5;1-12-6-4-7-13(2)16(12)17-14(8-5-10-18-17)15-9-11-20(3)19-15;1-11-5-4-6-12(2)15(11)16-13(9-17-10-18-16)14-7-8-20(3)19-14;1-12-6-3-7-13(2)15(12)16-14(8-4-9-17-16)19-11-5-10-18-19;;;;/h6-9,11-13H,14H2,1-5H3;4-7,9-11H,1-3H3;4-8,10H,1-3H3;3-7,9-11H,1-2H3;;;;/q4*-1;;;;. The normalized spacial score (nSPS) is 10.5. The number of imidazole rings is 1. The molecular weight excluding hydrogens is 1790 g/mol. The maximum atomic E-state index is 4.68. The molecule has 0 saturated carbocycles. The van der Waals surface area contributed by atoms with E-state index in [1.807, 2.05) is 87.7 Å². The van der Waals surface area contributed by atoms with Crippen molar-refractivity contribution in [2.24, 2.45) is 19.5 Å². The van der Waals surface area contributed by atoms with E-state index in [0.717, 1.165) is 80.0 Å². The van der Waals surface area contributed by atoms with Crippen molar-refractivity contribution in [3.63, 3.8) is 0 Å². The fourth-order valence-corrected chi connectivity index (χ4v) is 10.3. The molecule has 12 rings (SSSR count). The number of rotatable bonds is 9. The second-order valence-electron chi connectivity index (χ2n) is 21.8. The zero-order chi connectivity index (χ0) is 58.8. The summed E-state index contributed by atoms with van der Waals surface area (Å²) >= 11 is 0. The van der Waals surface area contributed by atoms with E-state index in [1.165, 1.54) is 62.0 Å². The number of benzene rings is 4. The first kappa shape index (κ1) is 70.6. The van der Waals surface area contributed by atoms with Gasteiger partial charge in [0, 0.05) is 156 Å². The van der Waals surface area contributed by atoms with E-state index in [1.54, 1.807) is 32.6 Å². The molecule has 4 radical (unpaired) electrons. The monoisotopic (exact) mass is 1860 g/mol. The maximum absolute atomic E-state index is 4.68. The van der Waals surface area contributed by atoms with Crippen LogP contribution in [0.25, 0.3) is 84.6 Å². The van der Waals surface area contributed by atoms with Gasteiger partial charge in [0.1, 0.15) is 0 Å². The van der Waals surface area contributed by atoms with Gasteiger partial charge in [-0.3, -0.25) is 19.0 Å². The number of hydrogen-bond donors (Lipinski definition) is 0. The molecule has 13 nitrogen and oxygen atoms in total. The van der Waals surface area contributed by atoms with E-state index >= 15 is 0 Å². The largest absolute Gasteiger partial charge is 0.381 e. The predicted octanol–water partition coefficient (Wildman–Crippen LogP) is 14.9. The summed E-state index contributed by atoms with van der Waals surface area (Å²) in [7, 11) is 3.81. The number of hydrogen-bond acceptors (Lipinski definition) is 9. The van der Waals surface area contributed by atoms with Crippen molar-refractivity contribution >= 4 is 0 Å². The van der Waals surface area contributed by atoms with Crippen molar-refractivity contribution in [1.29, 1.82) is 0 Å². The molecule has 0 N–H and O–H groups in total. The van der Waals surface area contributed by atoms with E-state index < -0.39 is 0 Å². The van der Waals surface area contributed by atoms with Gasteiger partial charge in [-0.1, -0.05) is 185 Å². The summed E-state index contributed by atoms with van der Waals surface area (Å²) in [6.45, 7) is 24.5. The van der Waals surface area contributed by atoms with Gasteiger partial charge in [-0.2, -0.15) is 17.2 Å². The number of pyridine rings is 3. The molecule has 8 heterocycles. The zero-order valence-electron chi connectivity index (χ0n) is 51.0. The third-order valence-electron chi connectivity index (χ3n) is 14.0. The molecule has 17 heteroatoms. The van der Waals surface area contributed by atoms with Crippen LogP contribution in [0.5, 0.6) is 0 Å². The Kier molecular flexibility index (Phi) is 26.1. The summed E-state index contributed by atoms with van der Waals surface area (Å²) in [6, 6.07) is 46.4. The second kappa shape index (κ2) is 32.2. The molecule has 0 aliphatic heterocycles. The Labute approximate surface area is 566 Å². The number of aryl methyl sites for hydroxylation is 10. The average Bonchev–Trinajstić information content (AvgIpc) is 2.02. The van der Waals surface area contributed by atoms with Gasteiger partial charge >= 0.3 is 0 Å². The van der Waals surface area contributed by atoms with Crippen LogP contribution in [0.15, 0.2) is 171 Å². The maximum Gasteiger partial charge on any atom is 0.0578 e. The SMILES string of the molecule is Cc1cccc(C)c1-c1ncc[c-]c1-c1ccn(C)n1.Cc1cccc(C)c1-c1ncc[c-]c1-c1nccn1CC(C)(C)C.Cc1cccc(C)c1-c1ncc[c-]c1-n1cccn1.Cc1cccc(C)c1-c1ncn[c-]c1-c1ccn(C)n1.[Ir].[Ir].[Ir].[Ir]. The van der Waals surface area contributed by atoms with Crippen LogP contribution in [-0.4, -0.2) is 63.8 Å². The molecule has 0 amide bonds. The third kappa shape index (κ3) is 17.1. The van der Waals surface area contributed by atoms with E-state index in [-0.39, 0.29) is 85.8 Å². The molecule has 0 spiro atoms. The van der Waals surface area contributed by atoms with Crippen molar-refractivity contribution in [2.45, 2.75) is 82.7 Å². The second-order valence-corrected chi connectivity index (χ2v) is 21.8. The molecule has 12 aromatic rings. The van der Waals surface area contributed by atoms with Gasteiger partial charge in [-0.15, -0.1) is 24.3 Å². The van der Waals surface area contributed by atoms with Gasteiger partial charge in [0.2, 0.25) is 0 Å². The summed E-state index contributed by atoms with van der Waals surface area (Å²) in [4.78, 5) is 26.9. The first-order chi connectivity index (χ1) is 40.0. The molecule has 0 aliphatic carbocycles. The van der Waals surface area contributed by atoms with Crippen molar-refractivity contribution in [2.75, 3.05) is 0 Å². The van der Waals surface area contributed by atoms with Gasteiger partial charge < -0.3 is 29.5 Å². The molecule has 0 aliphatic rings. The van der Waals surface area contributed by atoms with Crippen LogP contribution in [0, 0.1) is 85.2 Å². The van der Waals surface area contributed by atoms with Crippen LogP contribution < -0.4 is 0 Å². The van der Waals surface area contributed by atoms with Gasteiger partial charge in [-0.25, -0.2) is 10.2 Å². The van der Waals surface area contributed by atoms with Crippen molar-refractivity contribution < 1.29 is 80.4 Å². The van der Waals surface area contributed by atoms with Gasteiger partial charge in [0.05, 0.1) is 5.82 Å². The summed E-state index contributed by atoms with van der Waals surface area (Å²) in [5.74, 6) is 0.927. The van der Waals surface area contributed by atoms with Crippen LogP contribution >= 0.6 is 0 Å². The molecule has 0 bridgehead atoms. The topological polar surface area (TPSA) is 136 Å². The van der Waals surface area contributed by atoms with E-state index in [0.29, 0.717) is 0 Å². The first-order valence-electron chi connectivity index (χ1n) is 27.6. The molecular formula is C70H69Ir4N13-4. The molecule has 87 heavy (non-hydrogen) atoms. The van der Waals surface area contributed by atoms with Crippen molar-refractivity contribution in [3.8, 4) is 84.6 Å². The fourth-order valence-electron chi connectivity index (χ4n) is 10.3. The quantitative estimate of drug-likeness (QED) is 0.129. The minimum absolute atomic E-state index is 0. The van der Waals surface area contributed by atoms with Crippen LogP contribution in [0.2, 0.25) is 0 Å². The summed E-state index contributed by atoms with van der Waals surface area (Å²) < 4.78 is 7.56. The molecule has 0 fully saturated rings. The Bertz CT molecular complexity index is 3940. The fraction of sp³-hybridized carbons (Fsp3) is 0.214. The number of aromatic nitrogens is 13. The molecule has 0 saturated heterocycles. The van der Waals surface area contributed by atoms with Gasteiger partial charge in [0.25, 0.3) is 0 Å². The molecule has 0 atom stereocenters. The van der Waals surface area contributed by atoms with E-state index in [2.05, 4.69) is 223 Å². The third-order valence-corrected chi connectivity index (χ3v) is 14.0. The Morgan fingerprint density at radius 2 is 0.828 bits per heavy atom. The van der Waals surface area contributed by atoms with E-state index in [4.69, 9.17) is 0 Å². The molecule has 454 valence electrons. The summed E-state index contributed by atoms with van der Waals surface area (Å²) in [5, 5.41) is 13.2. The first-order valence-corrected chi connectivity index (χ1v) is 27.6. The van der Waals surface area contributed by atoms with Crippen molar-refractivity contribution in [1.82, 2.24) is 63.8 Å².